The fraction of sp³-hybridized carbons (Fsp3) is 0.222. The second-order valence-electron chi connectivity index (χ2n) is 5.19. The second-order valence-corrected chi connectivity index (χ2v) is 6.52. The van der Waals surface area contributed by atoms with Crippen molar-refractivity contribution in [2.75, 3.05) is 10.6 Å². The molecule has 0 aliphatic heterocycles. The average Bonchev–Trinajstić information content (AvgIpc) is 2.53. The van der Waals surface area contributed by atoms with Gasteiger partial charge in [0.1, 0.15) is 0 Å². The van der Waals surface area contributed by atoms with Crippen LogP contribution in [0.1, 0.15) is 19.4 Å². The molecule has 0 bridgehead atoms. The zero-order valence-electron chi connectivity index (χ0n) is 13.2. The van der Waals surface area contributed by atoms with Crippen molar-refractivity contribution in [1.29, 1.82) is 0 Å². The lowest BCUT2D eigenvalue weighted by molar-refractivity contribution is -0.115. The fourth-order valence-electron chi connectivity index (χ4n) is 1.99. The van der Waals surface area contributed by atoms with Crippen LogP contribution in [0.25, 0.3) is 0 Å². The number of benzene rings is 2. The van der Waals surface area contributed by atoms with Crippen molar-refractivity contribution >= 4 is 35.0 Å². The number of carbonyl (C=O) groups excluding carboxylic acids is 2. The number of carbonyl (C=O) groups is 2. The Morgan fingerprint density at radius 3 is 2.30 bits per heavy atom. The van der Waals surface area contributed by atoms with Gasteiger partial charge in [-0.2, -0.15) is 0 Å². The van der Waals surface area contributed by atoms with Crippen LogP contribution in [0.2, 0.25) is 0 Å². The van der Waals surface area contributed by atoms with E-state index in [0.29, 0.717) is 11.4 Å². The van der Waals surface area contributed by atoms with Crippen molar-refractivity contribution in [3.05, 3.63) is 60.2 Å². The van der Waals surface area contributed by atoms with Gasteiger partial charge < -0.3 is 10.6 Å². The summed E-state index contributed by atoms with van der Waals surface area (Å²) in [4.78, 5) is 23.3. The van der Waals surface area contributed by atoms with Crippen molar-refractivity contribution in [1.82, 2.24) is 0 Å². The van der Waals surface area contributed by atoms with Crippen molar-refractivity contribution < 1.29 is 9.59 Å². The summed E-state index contributed by atoms with van der Waals surface area (Å²) < 4.78 is 0. The second kappa shape index (κ2) is 8.39. The first-order valence-corrected chi connectivity index (χ1v) is 8.43. The zero-order chi connectivity index (χ0) is 16.7. The van der Waals surface area contributed by atoms with Crippen molar-refractivity contribution in [3.63, 3.8) is 0 Å². The van der Waals surface area contributed by atoms with Crippen LogP contribution < -0.4 is 10.6 Å². The molecule has 23 heavy (non-hydrogen) atoms. The van der Waals surface area contributed by atoms with E-state index in [1.807, 2.05) is 25.1 Å². The Bertz CT molecular complexity index is 674. The summed E-state index contributed by atoms with van der Waals surface area (Å²) >= 11 is 1.59. The summed E-state index contributed by atoms with van der Waals surface area (Å²) in [5, 5.41) is 5.41. The molecule has 2 N–H and O–H groups in total. The van der Waals surface area contributed by atoms with E-state index in [2.05, 4.69) is 22.8 Å². The Labute approximate surface area is 140 Å². The van der Waals surface area contributed by atoms with Gasteiger partial charge in [0, 0.05) is 24.1 Å². The molecule has 2 aromatic rings. The summed E-state index contributed by atoms with van der Waals surface area (Å²) in [7, 11) is 0. The van der Waals surface area contributed by atoms with E-state index in [1.165, 1.54) is 12.5 Å². The third-order valence-corrected chi connectivity index (χ3v) is 4.38. The molecule has 2 aromatic carbocycles. The minimum Gasteiger partial charge on any atom is -0.326 e. The average molecular weight is 328 g/mol. The predicted molar refractivity (Wildman–Crippen MR) is 96.6 cm³/mol. The maximum Gasteiger partial charge on any atom is 0.237 e. The molecule has 0 saturated heterocycles. The van der Waals surface area contributed by atoms with Crippen LogP contribution >= 0.6 is 11.8 Å². The number of nitrogens with one attached hydrogen (secondary N) is 2. The van der Waals surface area contributed by atoms with Gasteiger partial charge in [0.25, 0.3) is 0 Å². The molecule has 0 fully saturated rings. The predicted octanol–water partition coefficient (Wildman–Crippen LogP) is 3.91. The Balaban J connectivity index is 1.89. The highest BCUT2D eigenvalue weighted by atomic mass is 32.2. The Hall–Kier alpha value is -2.27. The molecule has 0 spiro atoms. The zero-order valence-corrected chi connectivity index (χ0v) is 14.0. The van der Waals surface area contributed by atoms with Crippen LogP contribution in [0.3, 0.4) is 0 Å². The standard InChI is InChI=1S/C18H20N2O2S/c1-13(23-12-15-7-4-3-5-8-15)18(22)20-17-10-6-9-16(11-17)19-14(2)21/h3-11,13H,12H2,1-2H3,(H,19,21)(H,20,22)/t13-/m0/s1. The molecule has 0 aliphatic carbocycles. The van der Waals surface area contributed by atoms with E-state index in [4.69, 9.17) is 0 Å². The number of anilines is 2. The van der Waals surface area contributed by atoms with Gasteiger partial charge in [0.05, 0.1) is 5.25 Å². The van der Waals surface area contributed by atoms with Crippen LogP contribution in [0.5, 0.6) is 0 Å². The van der Waals surface area contributed by atoms with Gasteiger partial charge in [0.2, 0.25) is 11.8 Å². The molecule has 0 aliphatic rings. The first-order chi connectivity index (χ1) is 11.0. The lowest BCUT2D eigenvalue weighted by atomic mass is 10.2. The molecule has 0 heterocycles. The van der Waals surface area contributed by atoms with Crippen LogP contribution in [0.4, 0.5) is 11.4 Å². The van der Waals surface area contributed by atoms with Gasteiger partial charge in [-0.15, -0.1) is 11.8 Å². The van der Waals surface area contributed by atoms with Crippen LogP contribution in [-0.2, 0) is 15.3 Å². The molecule has 2 amide bonds. The molecular weight excluding hydrogens is 308 g/mol. The number of amides is 2. The van der Waals surface area contributed by atoms with E-state index in [-0.39, 0.29) is 17.1 Å². The van der Waals surface area contributed by atoms with Crippen molar-refractivity contribution in [3.8, 4) is 0 Å². The van der Waals surface area contributed by atoms with Gasteiger partial charge >= 0.3 is 0 Å². The SMILES string of the molecule is CC(=O)Nc1cccc(NC(=O)[C@H](C)SCc2ccccc2)c1. The van der Waals surface area contributed by atoms with Crippen molar-refractivity contribution in [2.24, 2.45) is 0 Å². The first kappa shape index (κ1) is 17.1. The van der Waals surface area contributed by atoms with E-state index in [9.17, 15) is 9.59 Å². The number of hydrogen-bond donors (Lipinski definition) is 2. The fourth-order valence-corrected chi connectivity index (χ4v) is 2.84. The minimum absolute atomic E-state index is 0.0501. The molecule has 1 atom stereocenters. The third kappa shape index (κ3) is 5.79. The largest absolute Gasteiger partial charge is 0.326 e. The molecule has 4 nitrogen and oxygen atoms in total. The molecule has 0 unspecified atom stereocenters. The molecular formula is C18H20N2O2S. The van der Waals surface area contributed by atoms with Gasteiger partial charge in [0.15, 0.2) is 0 Å². The number of thioether (sulfide) groups is 1. The lowest BCUT2D eigenvalue weighted by Gasteiger charge is -2.13. The van der Waals surface area contributed by atoms with Gasteiger partial charge in [-0.3, -0.25) is 9.59 Å². The van der Waals surface area contributed by atoms with Crippen molar-refractivity contribution in [2.45, 2.75) is 24.9 Å². The quantitative estimate of drug-likeness (QED) is 0.845. The van der Waals surface area contributed by atoms with Crippen LogP contribution in [0, 0.1) is 0 Å². The van der Waals surface area contributed by atoms with Gasteiger partial charge in [-0.05, 0) is 30.7 Å². The minimum atomic E-state index is -0.167. The summed E-state index contributed by atoms with van der Waals surface area (Å²) in [6.45, 7) is 3.34. The molecule has 0 saturated carbocycles. The van der Waals surface area contributed by atoms with Crippen LogP contribution in [-0.4, -0.2) is 17.1 Å². The summed E-state index contributed by atoms with van der Waals surface area (Å²) in [5.74, 6) is 0.604. The molecule has 0 aromatic heterocycles. The first-order valence-electron chi connectivity index (χ1n) is 7.38. The summed E-state index contributed by atoms with van der Waals surface area (Å²) in [5.41, 5.74) is 2.54. The summed E-state index contributed by atoms with van der Waals surface area (Å²) in [6.07, 6.45) is 0. The van der Waals surface area contributed by atoms with E-state index < -0.39 is 0 Å². The number of hydrogen-bond acceptors (Lipinski definition) is 3. The molecule has 2 rings (SSSR count). The molecule has 0 radical (unpaired) electrons. The molecule has 120 valence electrons. The smallest absolute Gasteiger partial charge is 0.237 e. The Morgan fingerprint density at radius 2 is 1.65 bits per heavy atom. The van der Waals surface area contributed by atoms with E-state index >= 15 is 0 Å². The van der Waals surface area contributed by atoms with Gasteiger partial charge in [-0.25, -0.2) is 0 Å². The monoisotopic (exact) mass is 328 g/mol. The van der Waals surface area contributed by atoms with Crippen LogP contribution in [0.15, 0.2) is 54.6 Å². The topological polar surface area (TPSA) is 58.2 Å². The van der Waals surface area contributed by atoms with E-state index in [0.717, 1.165) is 5.75 Å². The highest BCUT2D eigenvalue weighted by molar-refractivity contribution is 7.99. The highest BCUT2D eigenvalue weighted by Gasteiger charge is 2.13. The maximum absolute atomic E-state index is 12.2. The Kier molecular flexibility index (Phi) is 6.23. The summed E-state index contributed by atoms with van der Waals surface area (Å²) in [6, 6.07) is 17.2. The lowest BCUT2D eigenvalue weighted by Crippen LogP contribution is -2.22. The molecule has 5 heteroatoms. The van der Waals surface area contributed by atoms with E-state index in [1.54, 1.807) is 36.0 Å². The maximum atomic E-state index is 12.2. The van der Waals surface area contributed by atoms with Gasteiger partial charge in [-0.1, -0.05) is 36.4 Å². The highest BCUT2D eigenvalue weighted by Crippen LogP contribution is 2.20. The Morgan fingerprint density at radius 1 is 1.00 bits per heavy atom. The third-order valence-electron chi connectivity index (χ3n) is 3.16. The number of rotatable bonds is 6. The normalized spacial score (nSPS) is 11.6.